The number of benzene rings is 4. The maximum atomic E-state index is 14.9. The lowest BCUT2D eigenvalue weighted by atomic mass is 9.69. The number of anilines is 1. The van der Waals surface area contributed by atoms with Gasteiger partial charge >= 0.3 is 0 Å². The van der Waals surface area contributed by atoms with E-state index < -0.39 is 35.2 Å². The molecule has 4 aromatic rings. The van der Waals surface area contributed by atoms with Crippen LogP contribution in [0, 0.1) is 11.8 Å². The molecule has 0 aliphatic carbocycles. The minimum atomic E-state index is -1.66. The molecule has 0 radical (unpaired) electrons. The number of carbonyl (C=O) groups is 3. The zero-order valence-corrected chi connectivity index (χ0v) is 25.8. The third-order valence-corrected chi connectivity index (χ3v) is 9.36. The number of nitrogens with zero attached hydrogens (tertiary/aromatic N) is 1. The second-order valence-electron chi connectivity index (χ2n) is 11.5. The predicted molar refractivity (Wildman–Crippen MR) is 171 cm³/mol. The smallest absolute Gasteiger partial charge is 0.256 e. The Morgan fingerprint density at radius 1 is 0.860 bits per heavy atom. The zero-order chi connectivity index (χ0) is 30.5. The highest BCUT2D eigenvalue weighted by Crippen LogP contribution is 2.60. The Morgan fingerprint density at radius 2 is 1.51 bits per heavy atom. The Kier molecular flexibility index (Phi) is 7.84. The number of ketones is 1. The summed E-state index contributed by atoms with van der Waals surface area (Å²) in [5, 5.41) is 4.13. The second-order valence-corrected chi connectivity index (χ2v) is 12.8. The molecule has 218 valence electrons. The highest BCUT2D eigenvalue weighted by molar-refractivity contribution is 6.37. The molecule has 1 N–H and O–H groups in total. The van der Waals surface area contributed by atoms with Crippen molar-refractivity contribution in [2.45, 2.75) is 37.8 Å². The van der Waals surface area contributed by atoms with E-state index in [9.17, 15) is 14.4 Å². The third-order valence-electron chi connectivity index (χ3n) is 8.56. The van der Waals surface area contributed by atoms with Crippen LogP contribution in [0.3, 0.4) is 0 Å². The molecule has 2 heterocycles. The van der Waals surface area contributed by atoms with Gasteiger partial charge in [-0.05, 0) is 54.3 Å². The van der Waals surface area contributed by atoms with Crippen LogP contribution in [0.1, 0.15) is 58.0 Å². The molecule has 2 aliphatic rings. The van der Waals surface area contributed by atoms with Crippen molar-refractivity contribution in [1.82, 2.24) is 4.90 Å². The molecule has 0 saturated carbocycles. The molecule has 2 aliphatic heterocycles. The lowest BCUT2D eigenvalue weighted by Crippen LogP contribution is -2.56. The first-order valence-corrected chi connectivity index (χ1v) is 15.3. The quantitative estimate of drug-likeness (QED) is 0.217. The Balaban J connectivity index is 1.70. The summed E-state index contributed by atoms with van der Waals surface area (Å²) in [6.45, 7) is 4.14. The van der Waals surface area contributed by atoms with Crippen molar-refractivity contribution in [3.8, 4) is 0 Å². The van der Waals surface area contributed by atoms with Gasteiger partial charge in [0, 0.05) is 38.8 Å². The Labute approximate surface area is 265 Å². The number of para-hydroxylation sites is 1. The minimum absolute atomic E-state index is 0.123. The van der Waals surface area contributed by atoms with Crippen molar-refractivity contribution in [2.24, 2.45) is 11.8 Å². The number of nitrogens with one attached hydrogen (secondary N) is 1. The molecular formula is C35H29Cl3N2O3. The van der Waals surface area contributed by atoms with Gasteiger partial charge in [0.2, 0.25) is 0 Å². The highest BCUT2D eigenvalue weighted by Gasteiger charge is 2.70. The standard InChI is InChI=1S/C35H29Cl3N2O3/c1-20(2)18-29-30(21-12-14-23(36)15-13-21)31(32(41)22-8-4-3-5-9-22)35(26-10-6-7-11-28(26)39-34(35)43)40(29)33(42)25-17-16-24(37)19-27(25)38/h3-17,19-20,29-31H,18H2,1-2H3,(H,39,43). The van der Waals surface area contributed by atoms with Crippen molar-refractivity contribution in [1.29, 1.82) is 0 Å². The fourth-order valence-corrected chi connectivity index (χ4v) is 7.55. The van der Waals surface area contributed by atoms with Gasteiger partial charge in [-0.15, -0.1) is 0 Å². The van der Waals surface area contributed by atoms with Crippen LogP contribution in [0.15, 0.2) is 97.1 Å². The van der Waals surface area contributed by atoms with E-state index in [0.717, 1.165) is 5.56 Å². The Hall–Kier alpha value is -3.64. The fourth-order valence-electron chi connectivity index (χ4n) is 6.94. The summed E-state index contributed by atoms with van der Waals surface area (Å²) < 4.78 is 0. The highest BCUT2D eigenvalue weighted by atomic mass is 35.5. The maximum absolute atomic E-state index is 14.9. The molecular weight excluding hydrogens is 603 g/mol. The van der Waals surface area contributed by atoms with Gasteiger partial charge in [0.15, 0.2) is 11.3 Å². The Bertz CT molecular complexity index is 1720. The number of hydrogen-bond acceptors (Lipinski definition) is 3. The molecule has 1 spiro atoms. The monoisotopic (exact) mass is 630 g/mol. The molecule has 6 rings (SSSR count). The Morgan fingerprint density at radius 3 is 2.19 bits per heavy atom. The van der Waals surface area contributed by atoms with Crippen LogP contribution in [0.2, 0.25) is 15.1 Å². The summed E-state index contributed by atoms with van der Waals surface area (Å²) in [7, 11) is 0. The van der Waals surface area contributed by atoms with Crippen molar-refractivity contribution in [2.75, 3.05) is 5.32 Å². The molecule has 4 aromatic carbocycles. The van der Waals surface area contributed by atoms with Crippen LogP contribution >= 0.6 is 34.8 Å². The normalized spacial score (nSPS) is 22.6. The average Bonchev–Trinajstić information content (AvgIpc) is 3.44. The topological polar surface area (TPSA) is 66.5 Å². The minimum Gasteiger partial charge on any atom is -0.323 e. The molecule has 43 heavy (non-hydrogen) atoms. The summed E-state index contributed by atoms with van der Waals surface area (Å²) in [5.41, 5.74) is 0.979. The van der Waals surface area contributed by atoms with Crippen LogP contribution in [-0.2, 0) is 10.3 Å². The summed E-state index contributed by atoms with van der Waals surface area (Å²) >= 11 is 19.2. The number of rotatable bonds is 6. The molecule has 0 bridgehead atoms. The molecule has 1 saturated heterocycles. The summed E-state index contributed by atoms with van der Waals surface area (Å²) in [6.07, 6.45) is 0.528. The van der Waals surface area contributed by atoms with Gasteiger partial charge in [-0.25, -0.2) is 0 Å². The van der Waals surface area contributed by atoms with Gasteiger partial charge in [0.05, 0.1) is 16.5 Å². The van der Waals surface area contributed by atoms with Crippen LogP contribution in [0.5, 0.6) is 0 Å². The van der Waals surface area contributed by atoms with Gasteiger partial charge in [-0.2, -0.15) is 0 Å². The number of fused-ring (bicyclic) bond motifs is 2. The first kappa shape index (κ1) is 29.4. The average molecular weight is 632 g/mol. The number of carbonyl (C=O) groups excluding carboxylic acids is 3. The van der Waals surface area contributed by atoms with Gasteiger partial charge in [0.1, 0.15) is 0 Å². The lowest BCUT2D eigenvalue weighted by Gasteiger charge is -2.39. The molecule has 1 fully saturated rings. The predicted octanol–water partition coefficient (Wildman–Crippen LogP) is 8.65. The number of likely N-dealkylation sites (tertiary alicyclic amines) is 1. The molecule has 0 aromatic heterocycles. The van der Waals surface area contributed by atoms with Crippen molar-refractivity contribution in [3.05, 3.63) is 134 Å². The van der Waals surface area contributed by atoms with Gasteiger partial charge in [-0.1, -0.05) is 109 Å². The van der Waals surface area contributed by atoms with Crippen LogP contribution in [0.4, 0.5) is 5.69 Å². The van der Waals surface area contributed by atoms with E-state index in [1.807, 2.05) is 36.4 Å². The number of hydrogen-bond donors (Lipinski definition) is 1. The molecule has 5 nitrogen and oxygen atoms in total. The number of amides is 2. The maximum Gasteiger partial charge on any atom is 0.256 e. The SMILES string of the molecule is CC(C)CC1C(c2ccc(Cl)cc2)C(C(=O)c2ccccc2)C2(C(=O)Nc3ccccc32)N1C(=O)c1ccc(Cl)cc1Cl. The molecule has 2 amide bonds. The van der Waals surface area contributed by atoms with Gasteiger partial charge in [0.25, 0.3) is 11.8 Å². The van der Waals surface area contributed by atoms with E-state index in [0.29, 0.717) is 33.3 Å². The fraction of sp³-hybridized carbons (Fsp3) is 0.229. The molecule has 8 heteroatoms. The first-order valence-electron chi connectivity index (χ1n) is 14.2. The van der Waals surface area contributed by atoms with E-state index in [-0.39, 0.29) is 22.3 Å². The van der Waals surface area contributed by atoms with Crippen LogP contribution < -0.4 is 5.32 Å². The summed E-state index contributed by atoms with van der Waals surface area (Å²) in [4.78, 5) is 46.0. The zero-order valence-electron chi connectivity index (χ0n) is 23.6. The largest absolute Gasteiger partial charge is 0.323 e. The second kappa shape index (κ2) is 11.5. The van der Waals surface area contributed by atoms with Crippen molar-refractivity contribution in [3.63, 3.8) is 0 Å². The number of halogens is 3. The van der Waals surface area contributed by atoms with Gasteiger partial charge < -0.3 is 10.2 Å². The van der Waals surface area contributed by atoms with Crippen molar-refractivity contribution < 1.29 is 14.4 Å². The van der Waals surface area contributed by atoms with Crippen LogP contribution in [0.25, 0.3) is 0 Å². The van der Waals surface area contributed by atoms with E-state index >= 15 is 0 Å². The number of Topliss-reactive ketones (excluding diaryl/α,β-unsaturated/α-hetero) is 1. The van der Waals surface area contributed by atoms with E-state index in [4.69, 9.17) is 34.8 Å². The third kappa shape index (κ3) is 4.84. The van der Waals surface area contributed by atoms with E-state index in [2.05, 4.69) is 19.2 Å². The summed E-state index contributed by atoms with van der Waals surface area (Å²) in [5.74, 6) is -2.47. The summed E-state index contributed by atoms with van der Waals surface area (Å²) in [6, 6.07) is 27.7. The van der Waals surface area contributed by atoms with Crippen molar-refractivity contribution >= 4 is 58.1 Å². The van der Waals surface area contributed by atoms with Crippen LogP contribution in [-0.4, -0.2) is 28.5 Å². The lowest BCUT2D eigenvalue weighted by molar-refractivity contribution is -0.127. The van der Waals surface area contributed by atoms with Gasteiger partial charge in [-0.3, -0.25) is 14.4 Å². The molecule has 4 unspecified atom stereocenters. The van der Waals surface area contributed by atoms with E-state index in [1.165, 1.54) is 6.07 Å². The molecule has 4 atom stereocenters. The first-order chi connectivity index (χ1) is 20.6. The van der Waals surface area contributed by atoms with E-state index in [1.54, 1.807) is 59.5 Å².